The zero-order valence-electron chi connectivity index (χ0n) is 11.7. The summed E-state index contributed by atoms with van der Waals surface area (Å²) in [4.78, 5) is 14.1. The van der Waals surface area contributed by atoms with Gasteiger partial charge in [-0.2, -0.15) is 0 Å². The Kier molecular flexibility index (Phi) is 4.80. The van der Waals surface area contributed by atoms with Crippen LogP contribution in [0, 0.1) is 0 Å². The molecule has 4 heteroatoms. The highest BCUT2D eigenvalue weighted by atomic mass is 16.5. The minimum absolute atomic E-state index is 0.0704. The van der Waals surface area contributed by atoms with Gasteiger partial charge in [0, 0.05) is 26.2 Å². The van der Waals surface area contributed by atoms with Crippen LogP contribution in [0.5, 0.6) is 5.75 Å². The Hall–Kier alpha value is -1.55. The van der Waals surface area contributed by atoms with Gasteiger partial charge in [-0.25, -0.2) is 0 Å². The van der Waals surface area contributed by atoms with Crippen molar-refractivity contribution in [2.24, 2.45) is 0 Å². The van der Waals surface area contributed by atoms with Crippen LogP contribution in [0.25, 0.3) is 0 Å². The van der Waals surface area contributed by atoms with Gasteiger partial charge in [0.25, 0.3) is 5.91 Å². The van der Waals surface area contributed by atoms with E-state index in [0.29, 0.717) is 0 Å². The van der Waals surface area contributed by atoms with Crippen molar-refractivity contribution in [2.75, 3.05) is 26.2 Å². The Labute approximate surface area is 114 Å². The van der Waals surface area contributed by atoms with Crippen LogP contribution >= 0.6 is 0 Å². The van der Waals surface area contributed by atoms with Crippen LogP contribution in [0.2, 0.25) is 0 Å². The molecule has 1 heterocycles. The number of nitrogens with one attached hydrogen (secondary N) is 1. The number of amides is 1. The Morgan fingerprint density at radius 3 is 2.53 bits per heavy atom. The molecule has 1 aliphatic heterocycles. The second-order valence-electron chi connectivity index (χ2n) is 4.83. The normalized spacial score (nSPS) is 17.1. The van der Waals surface area contributed by atoms with Gasteiger partial charge in [0.1, 0.15) is 5.75 Å². The lowest BCUT2D eigenvalue weighted by Crippen LogP contribution is -2.50. The van der Waals surface area contributed by atoms with Crippen molar-refractivity contribution in [3.63, 3.8) is 0 Å². The SMILES string of the molecule is CCc1ccc(O[C@@H](C)C(=O)N2CCNCC2)cc1. The lowest BCUT2D eigenvalue weighted by atomic mass is 10.2. The molecule has 1 aromatic rings. The van der Waals surface area contributed by atoms with Gasteiger partial charge in [-0.15, -0.1) is 0 Å². The molecule has 0 aromatic heterocycles. The summed E-state index contributed by atoms with van der Waals surface area (Å²) >= 11 is 0. The fraction of sp³-hybridized carbons (Fsp3) is 0.533. The number of hydrogen-bond acceptors (Lipinski definition) is 3. The van der Waals surface area contributed by atoms with Crippen LogP contribution in [-0.2, 0) is 11.2 Å². The molecule has 2 rings (SSSR count). The number of hydrogen-bond donors (Lipinski definition) is 1. The Balaban J connectivity index is 1.91. The minimum Gasteiger partial charge on any atom is -0.481 e. The molecule has 0 unspecified atom stereocenters. The molecule has 1 aliphatic rings. The topological polar surface area (TPSA) is 41.6 Å². The molecule has 1 saturated heterocycles. The molecule has 1 atom stereocenters. The van der Waals surface area contributed by atoms with E-state index in [9.17, 15) is 4.79 Å². The number of benzene rings is 1. The zero-order chi connectivity index (χ0) is 13.7. The third kappa shape index (κ3) is 3.70. The molecule has 0 spiro atoms. The number of carbonyl (C=O) groups excluding carboxylic acids is 1. The number of ether oxygens (including phenoxy) is 1. The maximum absolute atomic E-state index is 12.2. The fourth-order valence-electron chi connectivity index (χ4n) is 2.20. The van der Waals surface area contributed by atoms with Gasteiger partial charge in [-0.3, -0.25) is 4.79 Å². The van der Waals surface area contributed by atoms with E-state index in [1.807, 2.05) is 36.1 Å². The first-order valence-electron chi connectivity index (χ1n) is 6.96. The molecular weight excluding hydrogens is 240 g/mol. The third-order valence-electron chi connectivity index (χ3n) is 3.42. The lowest BCUT2D eigenvalue weighted by molar-refractivity contribution is -0.138. The van der Waals surface area contributed by atoms with Crippen molar-refractivity contribution in [3.05, 3.63) is 29.8 Å². The van der Waals surface area contributed by atoms with E-state index in [0.717, 1.165) is 38.3 Å². The average Bonchev–Trinajstić information content (AvgIpc) is 2.48. The van der Waals surface area contributed by atoms with Gasteiger partial charge in [0.15, 0.2) is 6.10 Å². The Morgan fingerprint density at radius 2 is 1.95 bits per heavy atom. The van der Waals surface area contributed by atoms with Crippen molar-refractivity contribution in [1.29, 1.82) is 0 Å². The van der Waals surface area contributed by atoms with E-state index in [4.69, 9.17) is 4.74 Å². The maximum atomic E-state index is 12.2. The number of rotatable bonds is 4. The van der Waals surface area contributed by atoms with Crippen molar-refractivity contribution in [2.45, 2.75) is 26.4 Å². The molecule has 1 fully saturated rings. The van der Waals surface area contributed by atoms with Gasteiger partial charge < -0.3 is 15.0 Å². The molecule has 104 valence electrons. The first-order chi connectivity index (χ1) is 9.20. The van der Waals surface area contributed by atoms with Crippen LogP contribution in [0.1, 0.15) is 19.4 Å². The summed E-state index contributed by atoms with van der Waals surface area (Å²) < 4.78 is 5.72. The number of aryl methyl sites for hydroxylation is 1. The average molecular weight is 262 g/mol. The summed E-state index contributed by atoms with van der Waals surface area (Å²) in [6.07, 6.45) is 0.584. The van der Waals surface area contributed by atoms with Crippen LogP contribution < -0.4 is 10.1 Å². The van der Waals surface area contributed by atoms with Crippen LogP contribution in [0.3, 0.4) is 0 Å². The van der Waals surface area contributed by atoms with Crippen molar-refractivity contribution in [1.82, 2.24) is 10.2 Å². The summed E-state index contributed by atoms with van der Waals surface area (Å²) in [6.45, 7) is 7.19. The molecule has 1 N–H and O–H groups in total. The summed E-state index contributed by atoms with van der Waals surface area (Å²) in [7, 11) is 0. The molecule has 0 aliphatic carbocycles. The Morgan fingerprint density at radius 1 is 1.32 bits per heavy atom. The lowest BCUT2D eigenvalue weighted by Gasteiger charge is -2.29. The molecule has 0 radical (unpaired) electrons. The zero-order valence-corrected chi connectivity index (χ0v) is 11.7. The molecular formula is C15H22N2O2. The molecule has 0 saturated carbocycles. The molecule has 1 aromatic carbocycles. The summed E-state index contributed by atoms with van der Waals surface area (Å²) in [6, 6.07) is 7.94. The molecule has 0 bridgehead atoms. The van der Waals surface area contributed by atoms with Crippen LogP contribution in [0.4, 0.5) is 0 Å². The van der Waals surface area contributed by atoms with Crippen LogP contribution in [0.15, 0.2) is 24.3 Å². The fourth-order valence-corrected chi connectivity index (χ4v) is 2.20. The van der Waals surface area contributed by atoms with Gasteiger partial charge in [-0.1, -0.05) is 19.1 Å². The standard InChI is InChI=1S/C15H22N2O2/c1-3-13-4-6-14(7-5-13)19-12(2)15(18)17-10-8-16-9-11-17/h4-7,12,16H,3,8-11H2,1-2H3/t12-/m0/s1. The smallest absolute Gasteiger partial charge is 0.263 e. The van der Waals surface area contributed by atoms with Crippen molar-refractivity contribution in [3.8, 4) is 5.75 Å². The highest BCUT2D eigenvalue weighted by molar-refractivity contribution is 5.81. The predicted molar refractivity (Wildman–Crippen MR) is 75.4 cm³/mol. The number of carbonyl (C=O) groups is 1. The third-order valence-corrected chi connectivity index (χ3v) is 3.42. The summed E-state index contributed by atoms with van der Waals surface area (Å²) in [5.41, 5.74) is 1.27. The van der Waals surface area contributed by atoms with Gasteiger partial charge in [0.2, 0.25) is 0 Å². The largest absolute Gasteiger partial charge is 0.481 e. The van der Waals surface area contributed by atoms with E-state index in [1.54, 1.807) is 0 Å². The van der Waals surface area contributed by atoms with E-state index in [2.05, 4.69) is 12.2 Å². The summed E-state index contributed by atoms with van der Waals surface area (Å²) in [5, 5.41) is 3.24. The predicted octanol–water partition coefficient (Wildman–Crippen LogP) is 1.45. The summed E-state index contributed by atoms with van der Waals surface area (Å²) in [5.74, 6) is 0.828. The highest BCUT2D eigenvalue weighted by Crippen LogP contribution is 2.15. The Bertz CT molecular complexity index is 411. The van der Waals surface area contributed by atoms with E-state index in [-0.39, 0.29) is 5.91 Å². The monoisotopic (exact) mass is 262 g/mol. The maximum Gasteiger partial charge on any atom is 0.263 e. The highest BCUT2D eigenvalue weighted by Gasteiger charge is 2.23. The second-order valence-corrected chi connectivity index (χ2v) is 4.83. The molecule has 19 heavy (non-hydrogen) atoms. The van der Waals surface area contributed by atoms with Crippen LogP contribution in [-0.4, -0.2) is 43.1 Å². The molecule has 1 amide bonds. The first kappa shape index (κ1) is 13.9. The van der Waals surface area contributed by atoms with E-state index in [1.165, 1.54) is 5.56 Å². The van der Waals surface area contributed by atoms with E-state index < -0.39 is 6.10 Å². The molecule has 4 nitrogen and oxygen atoms in total. The quantitative estimate of drug-likeness (QED) is 0.893. The van der Waals surface area contributed by atoms with Crippen molar-refractivity contribution >= 4 is 5.91 Å². The number of piperazine rings is 1. The van der Waals surface area contributed by atoms with E-state index >= 15 is 0 Å². The van der Waals surface area contributed by atoms with Gasteiger partial charge in [-0.05, 0) is 31.0 Å². The number of nitrogens with zero attached hydrogens (tertiary/aromatic N) is 1. The minimum atomic E-state index is -0.425. The van der Waals surface area contributed by atoms with Crippen molar-refractivity contribution < 1.29 is 9.53 Å². The first-order valence-corrected chi connectivity index (χ1v) is 6.96. The van der Waals surface area contributed by atoms with Gasteiger partial charge in [0.05, 0.1) is 0 Å². The second kappa shape index (κ2) is 6.57. The van der Waals surface area contributed by atoms with Gasteiger partial charge >= 0.3 is 0 Å².